The van der Waals surface area contributed by atoms with E-state index in [1.807, 2.05) is 68.3 Å². The Morgan fingerprint density at radius 3 is 2.23 bits per heavy atom. The van der Waals surface area contributed by atoms with E-state index in [0.29, 0.717) is 56.9 Å². The Morgan fingerprint density at radius 1 is 0.817 bits per heavy atom. The number of rotatable bonds is 5. The van der Waals surface area contributed by atoms with Crippen LogP contribution in [0.2, 0.25) is 0 Å². The van der Waals surface area contributed by atoms with Gasteiger partial charge in [0.2, 0.25) is 5.79 Å². The fourth-order valence-corrected chi connectivity index (χ4v) is 11.8. The summed E-state index contributed by atoms with van der Waals surface area (Å²) in [6.45, 7) is 14.6. The number of ketones is 3. The molecule has 0 spiro atoms. The van der Waals surface area contributed by atoms with E-state index >= 15 is 0 Å². The van der Waals surface area contributed by atoms with Crippen LogP contribution in [-0.2, 0) is 47.8 Å². The van der Waals surface area contributed by atoms with Gasteiger partial charge in [-0.15, -0.1) is 0 Å². The second-order valence-electron chi connectivity index (χ2n) is 21.5. The molecule has 1 aromatic carbocycles. The van der Waals surface area contributed by atoms with Crippen molar-refractivity contribution in [3.63, 3.8) is 0 Å². The number of piperidine rings is 1. The van der Waals surface area contributed by atoms with Crippen LogP contribution in [0, 0.1) is 41.4 Å². The molecule has 1 amide bonds. The van der Waals surface area contributed by atoms with Crippen molar-refractivity contribution in [2.24, 2.45) is 41.4 Å². The molecule has 2 saturated heterocycles. The number of amides is 1. The highest BCUT2D eigenvalue weighted by Gasteiger charge is 2.53. The largest absolute Gasteiger partial charge is 0.460 e. The summed E-state index contributed by atoms with van der Waals surface area (Å²) in [6, 6.07) is 8.31. The van der Waals surface area contributed by atoms with E-state index in [4.69, 9.17) is 23.8 Å². The Hall–Kier alpha value is -4.09. The van der Waals surface area contributed by atoms with Crippen molar-refractivity contribution in [3.05, 3.63) is 65.8 Å². The number of benzene rings is 1. The minimum Gasteiger partial charge on any atom is -0.460 e. The van der Waals surface area contributed by atoms with Gasteiger partial charge in [0.25, 0.3) is 11.7 Å². The molecule has 394 valence electrons. The van der Waals surface area contributed by atoms with E-state index < -0.39 is 102 Å². The van der Waals surface area contributed by atoms with E-state index in [0.717, 1.165) is 11.3 Å². The third-order valence-electron chi connectivity index (χ3n) is 16.4. The lowest BCUT2D eigenvalue weighted by molar-refractivity contribution is -0.265. The number of para-hydroxylation sites is 1. The first-order valence-electron chi connectivity index (χ1n) is 26.2. The summed E-state index contributed by atoms with van der Waals surface area (Å²) in [7, 11) is 3.10. The highest BCUT2D eigenvalue weighted by molar-refractivity contribution is 6.39. The highest BCUT2D eigenvalue weighted by Crippen LogP contribution is 2.39. The van der Waals surface area contributed by atoms with Crippen LogP contribution in [0.15, 0.2) is 65.8 Å². The zero-order valence-corrected chi connectivity index (χ0v) is 43.7. The van der Waals surface area contributed by atoms with E-state index in [2.05, 4.69) is 13.0 Å². The molecule has 6 aliphatic rings. The van der Waals surface area contributed by atoms with Crippen molar-refractivity contribution < 1.29 is 63.1 Å². The molecular formula is C56H82N2O13. The number of anilines is 1. The first-order chi connectivity index (χ1) is 33.7. The zero-order chi connectivity index (χ0) is 51.9. The Labute approximate surface area is 421 Å². The second kappa shape index (κ2) is 24.8. The van der Waals surface area contributed by atoms with E-state index in [-0.39, 0.29) is 55.3 Å². The molecule has 15 heteroatoms. The number of hydroxylamine groups is 1. The number of methoxy groups -OCH3 is 2. The smallest absolute Gasteiger partial charge is 0.329 e. The van der Waals surface area contributed by atoms with Crippen molar-refractivity contribution in [1.29, 1.82) is 0 Å². The molecule has 3 fully saturated rings. The third-order valence-corrected chi connectivity index (χ3v) is 16.4. The van der Waals surface area contributed by atoms with Crippen molar-refractivity contribution in [2.75, 3.05) is 25.8 Å². The Kier molecular flexibility index (Phi) is 19.6. The second-order valence-corrected chi connectivity index (χ2v) is 21.5. The number of nitrogens with zero attached hydrogens (tertiary/aromatic N) is 2. The highest BCUT2D eigenvalue weighted by atomic mass is 16.7. The van der Waals surface area contributed by atoms with Gasteiger partial charge in [0.05, 0.1) is 42.2 Å². The first kappa shape index (κ1) is 56.2. The predicted molar refractivity (Wildman–Crippen MR) is 267 cm³/mol. The summed E-state index contributed by atoms with van der Waals surface area (Å²) in [4.78, 5) is 79.6. The van der Waals surface area contributed by atoms with E-state index in [9.17, 15) is 39.3 Å². The molecular weight excluding hydrogens is 909 g/mol. The van der Waals surface area contributed by atoms with Gasteiger partial charge >= 0.3 is 5.97 Å². The van der Waals surface area contributed by atoms with Gasteiger partial charge < -0.3 is 39.2 Å². The van der Waals surface area contributed by atoms with Crippen LogP contribution in [0.25, 0.3) is 0 Å². The lowest BCUT2D eigenvalue weighted by atomic mass is 9.74. The molecule has 4 bridgehead atoms. The number of hydrogen-bond donors (Lipinski definition) is 3. The Balaban J connectivity index is 1.36. The van der Waals surface area contributed by atoms with Crippen LogP contribution in [0.5, 0.6) is 0 Å². The van der Waals surface area contributed by atoms with Gasteiger partial charge in [-0.05, 0) is 112 Å². The third kappa shape index (κ3) is 13.0. The average Bonchev–Trinajstić information content (AvgIpc) is 3.36. The van der Waals surface area contributed by atoms with Gasteiger partial charge in [-0.25, -0.2) is 9.86 Å². The maximum Gasteiger partial charge on any atom is 0.329 e. The molecule has 17 unspecified atom stereocenters. The summed E-state index contributed by atoms with van der Waals surface area (Å²) in [5.74, 6) is -9.38. The topological polar surface area (TPSA) is 199 Å². The number of allylic oxidation sites excluding steroid dienone is 1. The summed E-state index contributed by atoms with van der Waals surface area (Å²) in [5, 5.41) is 36.6. The van der Waals surface area contributed by atoms with Crippen LogP contribution in [0.3, 0.4) is 0 Å². The Morgan fingerprint density at radius 2 is 1.54 bits per heavy atom. The maximum absolute atomic E-state index is 14.5. The minimum atomic E-state index is -2.48. The summed E-state index contributed by atoms with van der Waals surface area (Å²) in [5.41, 5.74) is 2.12. The predicted octanol–water partition coefficient (Wildman–Crippen LogP) is 7.04. The number of fused-ring (bicyclic) bond motifs is 16. The van der Waals surface area contributed by atoms with Crippen LogP contribution >= 0.6 is 0 Å². The van der Waals surface area contributed by atoms with E-state index in [1.54, 1.807) is 40.9 Å². The number of carbonyl (C=O) groups is 5. The number of hydrogen-bond acceptors (Lipinski definition) is 14. The fraction of sp³-hybridized carbons (Fsp3) is 0.696. The van der Waals surface area contributed by atoms with Gasteiger partial charge in [-0.1, -0.05) is 84.4 Å². The van der Waals surface area contributed by atoms with Gasteiger partial charge in [0.1, 0.15) is 29.8 Å². The number of Topliss-reactive ketones (excluding diaryl/α,β-unsaturated/α-hetero) is 3. The van der Waals surface area contributed by atoms with Crippen molar-refractivity contribution in [3.8, 4) is 0 Å². The van der Waals surface area contributed by atoms with Crippen LogP contribution < -0.4 is 5.06 Å². The first-order valence-corrected chi connectivity index (χ1v) is 26.2. The molecule has 5 aliphatic heterocycles. The molecule has 0 aromatic heterocycles. The lowest BCUT2D eigenvalue weighted by Crippen LogP contribution is -2.61. The standard InChI is InChI=1S/C56H82N2O13/c1-32-27-35(4)50(61)39(8)51(62)36(5)28-33(2)47(60)31-49(38(7)43-19-16-21-46(59)52(43)68-10)69-55(65)45-20-14-15-26-57(45)54(64)53(63)56(66)37(6)22-23-41(70-56)30-48(67-9)34(3)29-42-24-25-44(32)58(71-42)40-17-12-11-13-18-40/h11-13,17-18,24-25,28-29,32-33,35,37-39,41-46,48-49,51-52,59,62,66H,14-16,19-23,26-27,30-31H2,1-10H3/b34-29?,36-28+. The molecule has 7 rings (SSSR count). The summed E-state index contributed by atoms with van der Waals surface area (Å²) >= 11 is 0. The number of carbonyl (C=O) groups excluding carboxylic acids is 5. The van der Waals surface area contributed by atoms with E-state index in [1.165, 1.54) is 12.0 Å². The lowest BCUT2D eigenvalue weighted by Gasteiger charge is -2.43. The molecule has 1 aliphatic carbocycles. The minimum absolute atomic E-state index is 0.0653. The van der Waals surface area contributed by atoms with Gasteiger partial charge in [-0.2, -0.15) is 0 Å². The van der Waals surface area contributed by atoms with Crippen LogP contribution in [0.4, 0.5) is 5.69 Å². The molecule has 5 heterocycles. The van der Waals surface area contributed by atoms with Crippen molar-refractivity contribution in [2.45, 2.75) is 187 Å². The molecule has 17 atom stereocenters. The monoisotopic (exact) mass is 991 g/mol. The average molecular weight is 991 g/mol. The number of esters is 1. The maximum atomic E-state index is 14.5. The van der Waals surface area contributed by atoms with Gasteiger partial charge in [-0.3, -0.25) is 24.0 Å². The summed E-state index contributed by atoms with van der Waals surface area (Å²) < 4.78 is 24.4. The number of ether oxygens (including phenoxy) is 4. The molecule has 15 nitrogen and oxygen atoms in total. The molecule has 1 aromatic rings. The van der Waals surface area contributed by atoms with Crippen LogP contribution in [0.1, 0.15) is 126 Å². The van der Waals surface area contributed by atoms with Crippen molar-refractivity contribution >= 4 is 34.9 Å². The summed E-state index contributed by atoms with van der Waals surface area (Å²) in [6.07, 6.45) is 7.09. The molecule has 1 saturated carbocycles. The van der Waals surface area contributed by atoms with Crippen molar-refractivity contribution in [1.82, 2.24) is 4.90 Å². The Bertz CT molecular complexity index is 2110. The zero-order valence-electron chi connectivity index (χ0n) is 43.7. The van der Waals surface area contributed by atoms with Gasteiger partial charge in [0.15, 0.2) is 0 Å². The van der Waals surface area contributed by atoms with Gasteiger partial charge in [0, 0.05) is 57.3 Å². The fourth-order valence-electron chi connectivity index (χ4n) is 11.8. The quantitative estimate of drug-likeness (QED) is 0.154. The normalized spacial score (nSPS) is 39.3. The molecule has 71 heavy (non-hydrogen) atoms. The molecule has 3 N–H and O–H groups in total. The SMILES string of the molecule is COC1CC2CCC(C)C(O)(O2)C(=O)C(=O)N2CCCCC2C(=O)OC(C(C)C2CCCC(O)C2OC)CC(=O)C(C)/C=C(\C)C(O)C(C)C(=O)C(C)CC(C)C2C=CC(C=C1C)ON2c1ccccc1. The number of aliphatic hydroxyl groups excluding tert-OH is 2. The molecule has 0 radical (unpaired) electrons. The van der Waals surface area contributed by atoms with Crippen LogP contribution in [-0.4, -0.2) is 131 Å². The number of aliphatic hydroxyl groups is 3.